The third kappa shape index (κ3) is 8.02. The SMILES string of the molecule is CCNC(=NCc1ccc(NC(=O)c2ccco2)cc1)NC(C)Cc1ccc(C)s1.I. The van der Waals surface area contributed by atoms with E-state index in [0.29, 0.717) is 12.2 Å². The number of aryl methyl sites for hydroxylation is 1. The molecule has 0 saturated carbocycles. The minimum Gasteiger partial charge on any atom is -0.459 e. The number of anilines is 1. The molecule has 3 N–H and O–H groups in total. The van der Waals surface area contributed by atoms with Crippen LogP contribution >= 0.6 is 35.3 Å². The van der Waals surface area contributed by atoms with E-state index in [0.717, 1.165) is 24.5 Å². The van der Waals surface area contributed by atoms with Gasteiger partial charge in [0.1, 0.15) is 0 Å². The van der Waals surface area contributed by atoms with Crippen LogP contribution in [0, 0.1) is 6.92 Å². The number of carbonyl (C=O) groups excluding carboxylic acids is 1. The maximum absolute atomic E-state index is 12.0. The summed E-state index contributed by atoms with van der Waals surface area (Å²) < 4.78 is 5.11. The monoisotopic (exact) mass is 552 g/mol. The third-order valence-corrected chi connectivity index (χ3v) is 5.43. The normalized spacial score (nSPS) is 12.0. The average Bonchev–Trinajstić information content (AvgIpc) is 3.39. The Bertz CT molecular complexity index is 968. The zero-order chi connectivity index (χ0) is 21.3. The second-order valence-corrected chi connectivity index (χ2v) is 8.46. The van der Waals surface area contributed by atoms with E-state index in [1.165, 1.54) is 16.0 Å². The Hall–Kier alpha value is -2.33. The van der Waals surface area contributed by atoms with Crippen molar-refractivity contribution in [3.05, 3.63) is 75.9 Å². The second-order valence-electron chi connectivity index (χ2n) is 7.09. The zero-order valence-electron chi connectivity index (χ0n) is 18.0. The Morgan fingerprint density at radius 2 is 1.94 bits per heavy atom. The van der Waals surface area contributed by atoms with Crippen LogP contribution in [0.25, 0.3) is 0 Å². The van der Waals surface area contributed by atoms with Crippen LogP contribution in [0.4, 0.5) is 5.69 Å². The highest BCUT2D eigenvalue weighted by molar-refractivity contribution is 14.0. The van der Waals surface area contributed by atoms with Crippen LogP contribution < -0.4 is 16.0 Å². The number of hydrogen-bond donors (Lipinski definition) is 3. The van der Waals surface area contributed by atoms with Gasteiger partial charge in [-0.25, -0.2) is 4.99 Å². The minimum absolute atomic E-state index is 0. The molecule has 3 aromatic rings. The summed E-state index contributed by atoms with van der Waals surface area (Å²) in [6, 6.07) is 15.6. The number of thiophene rings is 1. The van der Waals surface area contributed by atoms with Crippen molar-refractivity contribution in [2.24, 2.45) is 4.99 Å². The van der Waals surface area contributed by atoms with Crippen LogP contribution in [0.5, 0.6) is 0 Å². The number of guanidine groups is 1. The van der Waals surface area contributed by atoms with Crippen LogP contribution in [0.2, 0.25) is 0 Å². The first-order valence-corrected chi connectivity index (χ1v) is 10.9. The van der Waals surface area contributed by atoms with Crippen LogP contribution in [0.3, 0.4) is 0 Å². The molecule has 1 aromatic carbocycles. The molecule has 3 rings (SSSR count). The molecule has 2 aromatic heterocycles. The molecule has 2 heterocycles. The molecule has 0 radical (unpaired) electrons. The number of furan rings is 1. The Morgan fingerprint density at radius 3 is 2.55 bits per heavy atom. The van der Waals surface area contributed by atoms with Crippen molar-refractivity contribution < 1.29 is 9.21 Å². The fraction of sp³-hybridized carbons (Fsp3) is 0.304. The molecular formula is C23H29IN4O2S. The number of carbonyl (C=O) groups is 1. The molecule has 0 spiro atoms. The lowest BCUT2D eigenvalue weighted by Gasteiger charge is -2.17. The second kappa shape index (κ2) is 12.5. The highest BCUT2D eigenvalue weighted by atomic mass is 127. The van der Waals surface area contributed by atoms with E-state index < -0.39 is 0 Å². The van der Waals surface area contributed by atoms with Gasteiger partial charge in [0.25, 0.3) is 5.91 Å². The molecule has 1 amide bonds. The predicted molar refractivity (Wildman–Crippen MR) is 139 cm³/mol. The molecule has 1 unspecified atom stereocenters. The minimum atomic E-state index is -0.265. The molecule has 0 aliphatic rings. The van der Waals surface area contributed by atoms with E-state index in [-0.39, 0.29) is 41.7 Å². The van der Waals surface area contributed by atoms with Gasteiger partial charge in [-0.1, -0.05) is 12.1 Å². The van der Waals surface area contributed by atoms with Gasteiger partial charge in [-0.05, 0) is 62.7 Å². The number of benzene rings is 1. The Kier molecular flexibility index (Phi) is 10.1. The summed E-state index contributed by atoms with van der Waals surface area (Å²) in [5, 5.41) is 9.60. The van der Waals surface area contributed by atoms with Crippen molar-refractivity contribution in [3.63, 3.8) is 0 Å². The number of nitrogens with one attached hydrogen (secondary N) is 3. The molecule has 0 aliphatic heterocycles. The van der Waals surface area contributed by atoms with Crippen LogP contribution in [0.1, 0.15) is 39.7 Å². The summed E-state index contributed by atoms with van der Waals surface area (Å²) >= 11 is 1.84. The van der Waals surface area contributed by atoms with Gasteiger partial charge in [0, 0.05) is 34.4 Å². The van der Waals surface area contributed by atoms with Gasteiger partial charge >= 0.3 is 0 Å². The van der Waals surface area contributed by atoms with Gasteiger partial charge < -0.3 is 20.4 Å². The lowest BCUT2D eigenvalue weighted by molar-refractivity contribution is 0.0996. The van der Waals surface area contributed by atoms with Crippen LogP contribution in [-0.4, -0.2) is 24.5 Å². The quantitative estimate of drug-likeness (QED) is 0.204. The summed E-state index contributed by atoms with van der Waals surface area (Å²) in [7, 11) is 0. The van der Waals surface area contributed by atoms with Gasteiger partial charge in [-0.15, -0.1) is 35.3 Å². The van der Waals surface area contributed by atoms with Crippen LogP contribution in [0.15, 0.2) is 64.2 Å². The lowest BCUT2D eigenvalue weighted by Crippen LogP contribution is -2.43. The third-order valence-electron chi connectivity index (χ3n) is 4.41. The van der Waals surface area contributed by atoms with Crippen LogP contribution in [-0.2, 0) is 13.0 Å². The highest BCUT2D eigenvalue weighted by Crippen LogP contribution is 2.17. The molecule has 0 bridgehead atoms. The molecule has 1 atom stereocenters. The zero-order valence-corrected chi connectivity index (χ0v) is 21.1. The van der Waals surface area contributed by atoms with E-state index in [1.807, 2.05) is 35.6 Å². The van der Waals surface area contributed by atoms with Crippen molar-refractivity contribution in [2.45, 2.75) is 39.8 Å². The molecule has 0 fully saturated rings. The molecular weight excluding hydrogens is 523 g/mol. The van der Waals surface area contributed by atoms with E-state index in [2.05, 4.69) is 48.9 Å². The lowest BCUT2D eigenvalue weighted by atomic mass is 10.2. The summed E-state index contributed by atoms with van der Waals surface area (Å²) in [4.78, 5) is 19.4. The molecule has 31 heavy (non-hydrogen) atoms. The molecule has 0 saturated heterocycles. The maximum atomic E-state index is 12.0. The van der Waals surface area contributed by atoms with Crippen molar-refractivity contribution in [1.82, 2.24) is 10.6 Å². The number of hydrogen-bond acceptors (Lipinski definition) is 4. The molecule has 166 valence electrons. The summed E-state index contributed by atoms with van der Waals surface area (Å²) in [6.45, 7) is 7.70. The summed E-state index contributed by atoms with van der Waals surface area (Å²) in [5.41, 5.74) is 1.78. The summed E-state index contributed by atoms with van der Waals surface area (Å²) in [5.74, 6) is 0.824. The first kappa shape index (κ1) is 24.9. The molecule has 6 nitrogen and oxygen atoms in total. The van der Waals surface area contributed by atoms with Crippen molar-refractivity contribution in [1.29, 1.82) is 0 Å². The molecule has 0 aliphatic carbocycles. The van der Waals surface area contributed by atoms with E-state index in [1.54, 1.807) is 12.1 Å². The van der Waals surface area contributed by atoms with Crippen molar-refractivity contribution in [3.8, 4) is 0 Å². The van der Waals surface area contributed by atoms with Gasteiger partial charge in [0.2, 0.25) is 0 Å². The van der Waals surface area contributed by atoms with Gasteiger partial charge in [0.05, 0.1) is 12.8 Å². The fourth-order valence-corrected chi connectivity index (χ4v) is 3.98. The van der Waals surface area contributed by atoms with Crippen molar-refractivity contribution in [2.75, 3.05) is 11.9 Å². The Morgan fingerprint density at radius 1 is 1.16 bits per heavy atom. The number of rotatable bonds is 8. The highest BCUT2D eigenvalue weighted by Gasteiger charge is 2.09. The molecule has 8 heteroatoms. The topological polar surface area (TPSA) is 78.7 Å². The van der Waals surface area contributed by atoms with Gasteiger partial charge in [-0.3, -0.25) is 4.79 Å². The Balaban J connectivity index is 0.00000341. The Labute approximate surface area is 204 Å². The van der Waals surface area contributed by atoms with E-state index in [9.17, 15) is 4.79 Å². The number of amides is 1. The summed E-state index contributed by atoms with van der Waals surface area (Å²) in [6.07, 6.45) is 2.45. The largest absolute Gasteiger partial charge is 0.459 e. The number of nitrogens with zero attached hydrogens (tertiary/aromatic N) is 1. The average molecular weight is 552 g/mol. The number of aliphatic imine (C=N–C) groups is 1. The van der Waals surface area contributed by atoms with Crippen molar-refractivity contribution >= 4 is 52.9 Å². The standard InChI is InChI=1S/C23H28N4O2S.HI/c1-4-24-23(26-16(2)14-20-12-7-17(3)30-20)25-15-18-8-10-19(11-9-18)27-22(28)21-6-5-13-29-21;/h5-13,16H,4,14-15H2,1-3H3,(H,27,28)(H2,24,25,26);1H. The van der Waals surface area contributed by atoms with Gasteiger partial charge in [0.15, 0.2) is 11.7 Å². The fourth-order valence-electron chi connectivity index (χ4n) is 2.97. The first-order valence-electron chi connectivity index (χ1n) is 10.1. The maximum Gasteiger partial charge on any atom is 0.291 e. The number of halogens is 1. The van der Waals surface area contributed by atoms with Gasteiger partial charge in [-0.2, -0.15) is 0 Å². The van der Waals surface area contributed by atoms with E-state index in [4.69, 9.17) is 9.41 Å². The predicted octanol–water partition coefficient (Wildman–Crippen LogP) is 5.21. The smallest absolute Gasteiger partial charge is 0.291 e. The first-order chi connectivity index (χ1) is 14.5. The van der Waals surface area contributed by atoms with E-state index >= 15 is 0 Å².